The van der Waals surface area contributed by atoms with Crippen LogP contribution in [0, 0.1) is 0 Å². The topological polar surface area (TPSA) is 58.3 Å². The highest BCUT2D eigenvalue weighted by Crippen LogP contribution is 2.28. The van der Waals surface area contributed by atoms with E-state index >= 15 is 0 Å². The minimum absolute atomic E-state index is 0.0716. The molecule has 0 spiro atoms. The van der Waals surface area contributed by atoms with Crippen molar-refractivity contribution in [1.29, 1.82) is 0 Å². The molecule has 0 amide bonds. The molecule has 0 atom stereocenters. The number of aromatic amines is 1. The van der Waals surface area contributed by atoms with Crippen molar-refractivity contribution < 1.29 is 0 Å². The van der Waals surface area contributed by atoms with Crippen molar-refractivity contribution in [1.82, 2.24) is 24.1 Å². The van der Waals surface area contributed by atoms with Gasteiger partial charge in [-0.05, 0) is 30.2 Å². The van der Waals surface area contributed by atoms with Gasteiger partial charge in [-0.25, -0.2) is 9.48 Å². The lowest BCUT2D eigenvalue weighted by molar-refractivity contribution is 0.282. The molecule has 5 rings (SSSR count). The van der Waals surface area contributed by atoms with Gasteiger partial charge in [0.15, 0.2) is 5.65 Å². The van der Waals surface area contributed by atoms with Crippen LogP contribution in [0.25, 0.3) is 22.1 Å². The zero-order valence-electron chi connectivity index (χ0n) is 15.0. The number of hydrogen-bond donors (Lipinski definition) is 1. The monoisotopic (exact) mass is 359 g/mol. The van der Waals surface area contributed by atoms with E-state index in [1.54, 1.807) is 15.3 Å². The quantitative estimate of drug-likeness (QED) is 0.610. The minimum Gasteiger partial charge on any atom is -0.361 e. The van der Waals surface area contributed by atoms with Crippen LogP contribution in [0.5, 0.6) is 0 Å². The van der Waals surface area contributed by atoms with Gasteiger partial charge >= 0.3 is 5.69 Å². The summed E-state index contributed by atoms with van der Waals surface area (Å²) in [6.07, 6.45) is 7.20. The minimum atomic E-state index is -0.0716. The maximum atomic E-state index is 12.4. The normalized spacial score (nSPS) is 15.5. The highest BCUT2D eigenvalue weighted by atomic mass is 16.2. The zero-order chi connectivity index (χ0) is 18.2. The largest absolute Gasteiger partial charge is 0.361 e. The molecule has 0 radical (unpaired) electrons. The van der Waals surface area contributed by atoms with Gasteiger partial charge in [0.05, 0.1) is 6.54 Å². The molecule has 0 saturated carbocycles. The zero-order valence-corrected chi connectivity index (χ0v) is 15.0. The maximum absolute atomic E-state index is 12.4. The van der Waals surface area contributed by atoms with Crippen LogP contribution in [0.2, 0.25) is 0 Å². The number of nitrogens with zero attached hydrogens (tertiary/aromatic N) is 4. The number of H-pyrrole nitrogens is 1. The van der Waals surface area contributed by atoms with Gasteiger partial charge in [-0.3, -0.25) is 9.30 Å². The smallest absolute Gasteiger partial charge is 0.350 e. The molecule has 0 aliphatic carbocycles. The van der Waals surface area contributed by atoms with E-state index in [0.717, 1.165) is 26.1 Å². The first-order valence-electron chi connectivity index (χ1n) is 9.32. The molecular weight excluding hydrogens is 338 g/mol. The van der Waals surface area contributed by atoms with Gasteiger partial charge in [-0.1, -0.05) is 30.3 Å². The molecule has 136 valence electrons. The molecule has 4 aromatic rings. The van der Waals surface area contributed by atoms with Crippen LogP contribution in [-0.4, -0.2) is 43.7 Å². The second kappa shape index (κ2) is 6.55. The van der Waals surface area contributed by atoms with E-state index in [9.17, 15) is 4.79 Å². The van der Waals surface area contributed by atoms with E-state index < -0.39 is 0 Å². The van der Waals surface area contributed by atoms with E-state index in [-0.39, 0.29) is 5.69 Å². The van der Waals surface area contributed by atoms with E-state index in [1.165, 1.54) is 22.0 Å². The van der Waals surface area contributed by atoms with Crippen LogP contribution in [0.15, 0.2) is 65.7 Å². The lowest BCUT2D eigenvalue weighted by atomic mass is 9.99. The first-order valence-corrected chi connectivity index (χ1v) is 9.32. The first kappa shape index (κ1) is 16.1. The van der Waals surface area contributed by atoms with Crippen molar-refractivity contribution >= 4 is 22.1 Å². The fourth-order valence-corrected chi connectivity index (χ4v) is 3.85. The van der Waals surface area contributed by atoms with Gasteiger partial charge in [-0.2, -0.15) is 0 Å². The summed E-state index contributed by atoms with van der Waals surface area (Å²) in [5.41, 5.74) is 4.51. The Morgan fingerprint density at radius 1 is 1.07 bits per heavy atom. The molecule has 0 unspecified atom stereocenters. The number of fused-ring (bicyclic) bond motifs is 2. The Morgan fingerprint density at radius 3 is 2.81 bits per heavy atom. The van der Waals surface area contributed by atoms with E-state index in [2.05, 4.69) is 51.5 Å². The summed E-state index contributed by atoms with van der Waals surface area (Å²) in [4.78, 5) is 18.1. The molecule has 6 heteroatoms. The second-order valence-corrected chi connectivity index (χ2v) is 6.96. The van der Waals surface area contributed by atoms with Gasteiger partial charge in [0, 0.05) is 48.5 Å². The van der Waals surface area contributed by atoms with Gasteiger partial charge in [0.25, 0.3) is 0 Å². The number of hydrogen-bond acceptors (Lipinski definition) is 3. The van der Waals surface area contributed by atoms with Crippen LogP contribution in [-0.2, 0) is 6.54 Å². The maximum Gasteiger partial charge on any atom is 0.350 e. The van der Waals surface area contributed by atoms with Crippen molar-refractivity contribution in [3.8, 4) is 0 Å². The Bertz CT molecular complexity index is 1200. The summed E-state index contributed by atoms with van der Waals surface area (Å²) in [6.45, 7) is 3.32. The molecule has 0 bridgehead atoms. The van der Waals surface area contributed by atoms with Crippen LogP contribution in [0.4, 0.5) is 0 Å². The molecule has 6 nitrogen and oxygen atoms in total. The summed E-state index contributed by atoms with van der Waals surface area (Å²) in [5, 5.41) is 5.69. The van der Waals surface area contributed by atoms with Crippen molar-refractivity contribution in [3.63, 3.8) is 0 Å². The number of nitrogens with one attached hydrogen (secondary N) is 1. The molecular formula is C21H21N5O. The summed E-state index contributed by atoms with van der Waals surface area (Å²) >= 11 is 0. The van der Waals surface area contributed by atoms with Crippen LogP contribution >= 0.6 is 0 Å². The molecule has 3 aromatic heterocycles. The van der Waals surface area contributed by atoms with Gasteiger partial charge < -0.3 is 4.98 Å². The van der Waals surface area contributed by atoms with Gasteiger partial charge in [0.1, 0.15) is 0 Å². The van der Waals surface area contributed by atoms with E-state index in [4.69, 9.17) is 0 Å². The van der Waals surface area contributed by atoms with E-state index in [1.807, 2.05) is 18.2 Å². The molecule has 1 N–H and O–H groups in total. The van der Waals surface area contributed by atoms with Gasteiger partial charge in [0.2, 0.25) is 0 Å². The Balaban J connectivity index is 1.29. The summed E-state index contributed by atoms with van der Waals surface area (Å²) in [5.74, 6) is 0. The third-order valence-electron chi connectivity index (χ3n) is 5.34. The van der Waals surface area contributed by atoms with Crippen molar-refractivity contribution in [2.24, 2.45) is 0 Å². The van der Waals surface area contributed by atoms with Crippen LogP contribution in [0.3, 0.4) is 0 Å². The molecule has 1 aliphatic rings. The lowest BCUT2D eigenvalue weighted by Crippen LogP contribution is -2.34. The summed E-state index contributed by atoms with van der Waals surface area (Å²) in [6, 6.07) is 14.0. The lowest BCUT2D eigenvalue weighted by Gasteiger charge is -2.26. The predicted octanol–water partition coefficient (Wildman–Crippen LogP) is 2.77. The van der Waals surface area contributed by atoms with Crippen LogP contribution in [0.1, 0.15) is 12.0 Å². The Morgan fingerprint density at radius 2 is 1.96 bits per heavy atom. The molecule has 1 aromatic carbocycles. The standard InChI is InChI=1S/C21H21N5O/c27-21-25-10-4-3-7-20(25)23-26(21)14-13-24-11-8-16(9-12-24)18-15-22-19-6-2-1-5-17(18)19/h1-8,10,15,22H,9,11-14H2. The number of benzene rings is 1. The average Bonchev–Trinajstić information content (AvgIpc) is 3.29. The fraction of sp³-hybridized carbons (Fsp3) is 0.238. The van der Waals surface area contributed by atoms with E-state index in [0.29, 0.717) is 12.2 Å². The number of aromatic nitrogens is 4. The Labute approximate surface area is 156 Å². The molecule has 27 heavy (non-hydrogen) atoms. The van der Waals surface area contributed by atoms with Crippen LogP contribution < -0.4 is 5.69 Å². The highest BCUT2D eigenvalue weighted by Gasteiger charge is 2.16. The molecule has 4 heterocycles. The summed E-state index contributed by atoms with van der Waals surface area (Å²) in [7, 11) is 0. The second-order valence-electron chi connectivity index (χ2n) is 6.96. The third-order valence-corrected chi connectivity index (χ3v) is 5.34. The third kappa shape index (κ3) is 2.88. The Hall–Kier alpha value is -3.12. The number of pyridine rings is 1. The van der Waals surface area contributed by atoms with Crippen molar-refractivity contribution in [2.45, 2.75) is 13.0 Å². The fourth-order valence-electron chi connectivity index (χ4n) is 3.85. The predicted molar refractivity (Wildman–Crippen MR) is 107 cm³/mol. The highest BCUT2D eigenvalue weighted by molar-refractivity contribution is 5.92. The molecule has 0 saturated heterocycles. The Kier molecular flexibility index (Phi) is 3.90. The van der Waals surface area contributed by atoms with Crippen molar-refractivity contribution in [2.75, 3.05) is 19.6 Å². The van der Waals surface area contributed by atoms with Gasteiger partial charge in [-0.15, -0.1) is 5.10 Å². The first-order chi connectivity index (χ1) is 13.3. The molecule has 1 aliphatic heterocycles. The van der Waals surface area contributed by atoms with Crippen molar-refractivity contribution in [3.05, 3.63) is 77.0 Å². The average molecular weight is 359 g/mol. The summed E-state index contributed by atoms with van der Waals surface area (Å²) < 4.78 is 3.15. The molecule has 0 fully saturated rings. The number of para-hydroxylation sites is 1. The number of rotatable bonds is 4. The SMILES string of the molecule is O=c1n(CCN2CC=C(c3c[nH]c4ccccc34)CC2)nc2ccccn12.